The van der Waals surface area contributed by atoms with Gasteiger partial charge in [-0.05, 0) is 12.1 Å². The van der Waals surface area contributed by atoms with E-state index in [1.165, 1.54) is 0 Å². The van der Waals surface area contributed by atoms with Crippen molar-refractivity contribution in [3.63, 3.8) is 0 Å². The summed E-state index contributed by atoms with van der Waals surface area (Å²) in [5.41, 5.74) is 1.97. The molecule has 0 spiro atoms. The molecule has 0 fully saturated rings. The molecular formula is C9H7N2. The summed E-state index contributed by atoms with van der Waals surface area (Å²) < 4.78 is 0. The van der Waals surface area contributed by atoms with Crippen molar-refractivity contribution in [2.75, 3.05) is 5.32 Å². The number of anilines is 1. The van der Waals surface area contributed by atoms with Crippen molar-refractivity contribution >= 4 is 17.6 Å². The van der Waals surface area contributed by atoms with Crippen LogP contribution in [0.5, 0.6) is 0 Å². The molecule has 1 aliphatic rings. The normalized spacial score (nSPS) is 13.5. The van der Waals surface area contributed by atoms with Gasteiger partial charge in [0.25, 0.3) is 0 Å². The minimum absolute atomic E-state index is 0.953. The van der Waals surface area contributed by atoms with Crippen LogP contribution in [-0.4, -0.2) is 6.21 Å². The van der Waals surface area contributed by atoms with Crippen molar-refractivity contribution < 1.29 is 0 Å². The van der Waals surface area contributed by atoms with Crippen LogP contribution >= 0.6 is 0 Å². The zero-order valence-corrected chi connectivity index (χ0v) is 5.91. The second-order valence-electron chi connectivity index (χ2n) is 2.23. The summed E-state index contributed by atoms with van der Waals surface area (Å²) in [6.07, 6.45) is 6.26. The Morgan fingerprint density at radius 1 is 1.27 bits per heavy atom. The molecule has 2 rings (SSSR count). The average molecular weight is 143 g/mol. The van der Waals surface area contributed by atoms with Gasteiger partial charge in [0.15, 0.2) is 0 Å². The number of aliphatic imine (C=N–C) groups is 1. The van der Waals surface area contributed by atoms with Gasteiger partial charge in [0.1, 0.15) is 0 Å². The molecule has 0 amide bonds. The van der Waals surface area contributed by atoms with Gasteiger partial charge in [-0.15, -0.1) is 0 Å². The van der Waals surface area contributed by atoms with Crippen LogP contribution in [0.15, 0.2) is 35.5 Å². The Morgan fingerprint density at radius 3 is 3.18 bits per heavy atom. The molecule has 0 saturated heterocycles. The highest BCUT2D eigenvalue weighted by atomic mass is 14.9. The van der Waals surface area contributed by atoms with E-state index in [9.17, 15) is 0 Å². The molecule has 1 heterocycles. The van der Waals surface area contributed by atoms with Crippen LogP contribution in [0, 0.1) is 6.08 Å². The van der Waals surface area contributed by atoms with E-state index in [0.717, 1.165) is 11.4 Å². The maximum Gasteiger partial charge on any atom is 0.0864 e. The molecule has 0 aromatic heterocycles. The Kier molecular flexibility index (Phi) is 1.44. The molecule has 53 valence electrons. The lowest BCUT2D eigenvalue weighted by molar-refractivity contribution is 1.52. The van der Waals surface area contributed by atoms with E-state index < -0.39 is 0 Å². The molecule has 2 heteroatoms. The Hall–Kier alpha value is -1.57. The first kappa shape index (κ1) is 6.16. The number of nitrogens with zero attached hydrogens (tertiary/aromatic N) is 1. The summed E-state index contributed by atoms with van der Waals surface area (Å²) >= 11 is 0. The van der Waals surface area contributed by atoms with Crippen LogP contribution < -0.4 is 5.32 Å². The quantitative estimate of drug-likeness (QED) is 0.591. The van der Waals surface area contributed by atoms with Crippen LogP contribution in [0.2, 0.25) is 0 Å². The highest BCUT2D eigenvalue weighted by molar-refractivity contribution is 5.79. The number of hydrogen-bond acceptors (Lipinski definition) is 2. The third-order valence-electron chi connectivity index (χ3n) is 1.49. The molecule has 0 aliphatic carbocycles. The number of para-hydroxylation sites is 2. The molecule has 1 aliphatic heterocycles. The van der Waals surface area contributed by atoms with E-state index in [2.05, 4.69) is 16.4 Å². The summed E-state index contributed by atoms with van der Waals surface area (Å²) in [5, 5.41) is 3.06. The third kappa shape index (κ3) is 1.15. The first-order valence-corrected chi connectivity index (χ1v) is 3.43. The monoisotopic (exact) mass is 143 g/mol. The molecule has 11 heavy (non-hydrogen) atoms. The molecule has 0 atom stereocenters. The Labute approximate surface area is 65.3 Å². The molecule has 0 bridgehead atoms. The molecule has 1 N–H and O–H groups in total. The van der Waals surface area contributed by atoms with Gasteiger partial charge >= 0.3 is 0 Å². The fourth-order valence-electron chi connectivity index (χ4n) is 0.972. The molecule has 2 nitrogen and oxygen atoms in total. The summed E-state index contributed by atoms with van der Waals surface area (Å²) in [6.45, 7) is 0. The van der Waals surface area contributed by atoms with Crippen molar-refractivity contribution in [1.29, 1.82) is 0 Å². The van der Waals surface area contributed by atoms with E-state index in [1.54, 1.807) is 12.4 Å². The number of rotatable bonds is 0. The first-order valence-electron chi connectivity index (χ1n) is 3.43. The topological polar surface area (TPSA) is 24.4 Å². The lowest BCUT2D eigenvalue weighted by Gasteiger charge is -2.00. The lowest BCUT2D eigenvalue weighted by Crippen LogP contribution is -1.84. The highest BCUT2D eigenvalue weighted by Gasteiger charge is 1.97. The molecule has 1 aromatic carbocycles. The zero-order valence-electron chi connectivity index (χ0n) is 5.91. The van der Waals surface area contributed by atoms with Crippen molar-refractivity contribution in [2.45, 2.75) is 0 Å². The zero-order chi connectivity index (χ0) is 7.52. The van der Waals surface area contributed by atoms with Gasteiger partial charge in [-0.25, -0.2) is 0 Å². The first-order chi connectivity index (χ1) is 5.47. The standard InChI is InChI=1S/C9H7N2/c1-2-5-9-8(4-1)10-6-3-7-11-9/h1-2,4-7,10H. The predicted octanol–water partition coefficient (Wildman–Crippen LogP) is 2.13. The van der Waals surface area contributed by atoms with Gasteiger partial charge in [-0.3, -0.25) is 4.99 Å². The van der Waals surface area contributed by atoms with Crippen molar-refractivity contribution in [1.82, 2.24) is 0 Å². The second kappa shape index (κ2) is 2.58. The van der Waals surface area contributed by atoms with Crippen LogP contribution in [0.25, 0.3) is 0 Å². The van der Waals surface area contributed by atoms with Crippen LogP contribution in [0.4, 0.5) is 11.4 Å². The largest absolute Gasteiger partial charge is 0.359 e. The van der Waals surface area contributed by atoms with Crippen molar-refractivity contribution in [2.24, 2.45) is 4.99 Å². The maximum atomic E-state index is 4.16. The van der Waals surface area contributed by atoms with Crippen molar-refractivity contribution in [3.8, 4) is 0 Å². The fraction of sp³-hybridized carbons (Fsp3) is 0. The van der Waals surface area contributed by atoms with Gasteiger partial charge in [-0.2, -0.15) is 0 Å². The maximum absolute atomic E-state index is 4.16. The lowest BCUT2D eigenvalue weighted by atomic mass is 10.3. The molecule has 1 radical (unpaired) electrons. The molecule has 1 aromatic rings. The Balaban J connectivity index is 2.52. The minimum Gasteiger partial charge on any atom is -0.359 e. The highest BCUT2D eigenvalue weighted by Crippen LogP contribution is 2.24. The summed E-state index contributed by atoms with van der Waals surface area (Å²) in [4.78, 5) is 4.16. The number of nitrogens with one attached hydrogen (secondary N) is 1. The number of benzene rings is 1. The minimum atomic E-state index is 0.953. The van der Waals surface area contributed by atoms with E-state index in [0.29, 0.717) is 0 Å². The van der Waals surface area contributed by atoms with Gasteiger partial charge in [0.05, 0.1) is 11.4 Å². The van der Waals surface area contributed by atoms with E-state index in [1.807, 2.05) is 24.3 Å². The summed E-state index contributed by atoms with van der Waals surface area (Å²) in [7, 11) is 0. The number of hydrogen-bond donors (Lipinski definition) is 1. The van der Waals surface area contributed by atoms with Crippen LogP contribution in [-0.2, 0) is 0 Å². The second-order valence-corrected chi connectivity index (χ2v) is 2.23. The van der Waals surface area contributed by atoms with Gasteiger partial charge in [-0.1, -0.05) is 12.1 Å². The summed E-state index contributed by atoms with van der Waals surface area (Å²) in [6, 6.07) is 7.87. The van der Waals surface area contributed by atoms with Gasteiger partial charge < -0.3 is 5.32 Å². The van der Waals surface area contributed by atoms with Gasteiger partial charge in [0, 0.05) is 18.5 Å². The Morgan fingerprint density at radius 2 is 2.18 bits per heavy atom. The van der Waals surface area contributed by atoms with Crippen molar-refractivity contribution in [3.05, 3.63) is 36.5 Å². The molecular weight excluding hydrogens is 136 g/mol. The van der Waals surface area contributed by atoms with Crippen LogP contribution in [0.3, 0.4) is 0 Å². The third-order valence-corrected chi connectivity index (χ3v) is 1.49. The van der Waals surface area contributed by atoms with E-state index in [-0.39, 0.29) is 0 Å². The van der Waals surface area contributed by atoms with E-state index in [4.69, 9.17) is 0 Å². The smallest absolute Gasteiger partial charge is 0.0864 e. The van der Waals surface area contributed by atoms with Crippen LogP contribution in [0.1, 0.15) is 0 Å². The molecule has 0 saturated carbocycles. The number of allylic oxidation sites excluding steroid dienone is 1. The SMILES string of the molecule is [C]1=CNc2ccccc2N=C1. The van der Waals surface area contributed by atoms with E-state index >= 15 is 0 Å². The fourth-order valence-corrected chi connectivity index (χ4v) is 0.972. The number of fused-ring (bicyclic) bond motifs is 1. The van der Waals surface area contributed by atoms with Gasteiger partial charge in [0.2, 0.25) is 0 Å². The summed E-state index contributed by atoms with van der Waals surface area (Å²) in [5.74, 6) is 0. The predicted molar refractivity (Wildman–Crippen MR) is 46.0 cm³/mol. The average Bonchev–Trinajstić information content (AvgIpc) is 2.28. The molecule has 0 unspecified atom stereocenters. The Bertz CT molecular complexity index is 313.